The zero-order chi connectivity index (χ0) is 13.1. The number of nitrogens with one attached hydrogen (secondary N) is 1. The van der Waals surface area contributed by atoms with Gasteiger partial charge in [0.05, 0.1) is 5.52 Å². The Morgan fingerprint density at radius 1 is 1.26 bits per heavy atom. The van der Waals surface area contributed by atoms with Crippen LogP contribution in [0.3, 0.4) is 0 Å². The fourth-order valence-electron chi connectivity index (χ4n) is 1.81. The maximum atomic E-state index is 12.1. The molecule has 0 radical (unpaired) electrons. The van der Waals surface area contributed by atoms with Gasteiger partial charge in [0.2, 0.25) is 0 Å². The normalized spacial score (nSPS) is 10.5. The highest BCUT2D eigenvalue weighted by Crippen LogP contribution is 2.07. The molecule has 0 unspecified atom stereocenters. The molecule has 3 heterocycles. The van der Waals surface area contributed by atoms with Gasteiger partial charge < -0.3 is 5.32 Å². The smallest absolute Gasteiger partial charge is 0.272 e. The van der Waals surface area contributed by atoms with Crippen LogP contribution in [0.2, 0.25) is 0 Å². The fraction of sp³-hybridized carbons (Fsp3) is 0.0769. The van der Waals surface area contributed by atoms with Crippen molar-refractivity contribution in [2.24, 2.45) is 0 Å². The lowest BCUT2D eigenvalue weighted by Crippen LogP contribution is -2.24. The molecule has 0 aromatic carbocycles. The highest BCUT2D eigenvalue weighted by Gasteiger charge is 2.11. The molecule has 3 rings (SSSR count). The van der Waals surface area contributed by atoms with E-state index in [9.17, 15) is 4.79 Å². The minimum Gasteiger partial charge on any atom is -0.347 e. The number of fused-ring (bicyclic) bond motifs is 1. The highest BCUT2D eigenvalue weighted by molar-refractivity contribution is 5.98. The third-order valence-corrected chi connectivity index (χ3v) is 2.75. The van der Waals surface area contributed by atoms with Crippen molar-refractivity contribution in [1.29, 1.82) is 0 Å². The van der Waals surface area contributed by atoms with Crippen LogP contribution >= 0.6 is 0 Å². The first kappa shape index (κ1) is 11.3. The maximum absolute atomic E-state index is 12.1. The van der Waals surface area contributed by atoms with Gasteiger partial charge in [0.15, 0.2) is 5.69 Å². The predicted octanol–water partition coefficient (Wildman–Crippen LogP) is 1.05. The van der Waals surface area contributed by atoms with Crippen LogP contribution < -0.4 is 5.32 Å². The summed E-state index contributed by atoms with van der Waals surface area (Å²) in [6.45, 7) is 0.443. The van der Waals surface area contributed by atoms with Crippen molar-refractivity contribution in [3.63, 3.8) is 0 Å². The van der Waals surface area contributed by atoms with Crippen LogP contribution in [0.5, 0.6) is 0 Å². The van der Waals surface area contributed by atoms with E-state index in [-0.39, 0.29) is 5.91 Å². The average molecular weight is 253 g/mol. The van der Waals surface area contributed by atoms with Crippen LogP contribution in [0.15, 0.2) is 49.2 Å². The fourth-order valence-corrected chi connectivity index (χ4v) is 1.81. The third kappa shape index (κ3) is 2.28. The van der Waals surface area contributed by atoms with Gasteiger partial charge in [-0.15, -0.1) is 0 Å². The second kappa shape index (κ2) is 4.85. The lowest BCUT2D eigenvalue weighted by Gasteiger charge is -2.05. The molecule has 0 aliphatic carbocycles. The summed E-state index contributed by atoms with van der Waals surface area (Å²) in [4.78, 5) is 20.1. The van der Waals surface area contributed by atoms with Gasteiger partial charge >= 0.3 is 0 Å². The second-order valence-corrected chi connectivity index (χ2v) is 3.98. The molecule has 0 saturated heterocycles. The Kier molecular flexibility index (Phi) is 2.89. The van der Waals surface area contributed by atoms with E-state index in [1.807, 2.05) is 18.2 Å². The predicted molar refractivity (Wildman–Crippen MR) is 68.4 cm³/mol. The molecule has 1 N–H and O–H groups in total. The standard InChI is InChI=1S/C13H11N5O/c19-13(15-8-10-3-5-14-6-4-10)12-11-2-1-7-18(11)17-9-16-12/h1-7,9H,8H2,(H,15,19). The quantitative estimate of drug-likeness (QED) is 0.757. The summed E-state index contributed by atoms with van der Waals surface area (Å²) in [7, 11) is 0. The van der Waals surface area contributed by atoms with Gasteiger partial charge in [-0.2, -0.15) is 5.10 Å². The Morgan fingerprint density at radius 2 is 2.11 bits per heavy atom. The number of amides is 1. The summed E-state index contributed by atoms with van der Waals surface area (Å²) in [6.07, 6.45) is 6.53. The molecule has 0 fully saturated rings. The van der Waals surface area contributed by atoms with E-state index >= 15 is 0 Å². The number of pyridine rings is 1. The summed E-state index contributed by atoms with van der Waals surface area (Å²) in [6, 6.07) is 7.34. The molecule has 1 amide bonds. The van der Waals surface area contributed by atoms with E-state index < -0.39 is 0 Å². The van der Waals surface area contributed by atoms with Gasteiger partial charge in [-0.3, -0.25) is 9.78 Å². The molecular weight excluding hydrogens is 242 g/mol. The molecule has 0 bridgehead atoms. The first-order valence-electron chi connectivity index (χ1n) is 5.80. The lowest BCUT2D eigenvalue weighted by atomic mass is 10.2. The lowest BCUT2D eigenvalue weighted by molar-refractivity contribution is 0.0947. The zero-order valence-electron chi connectivity index (χ0n) is 10.0. The minimum atomic E-state index is -0.220. The van der Waals surface area contributed by atoms with Crippen LogP contribution in [0.25, 0.3) is 5.52 Å². The first-order valence-corrected chi connectivity index (χ1v) is 5.80. The number of carbonyl (C=O) groups excluding carboxylic acids is 1. The van der Waals surface area contributed by atoms with Crippen molar-refractivity contribution in [2.45, 2.75) is 6.54 Å². The van der Waals surface area contributed by atoms with E-state index in [1.165, 1.54) is 6.33 Å². The highest BCUT2D eigenvalue weighted by atomic mass is 16.1. The summed E-state index contributed by atoms with van der Waals surface area (Å²) < 4.78 is 1.62. The van der Waals surface area contributed by atoms with Gasteiger partial charge in [-0.05, 0) is 29.8 Å². The van der Waals surface area contributed by atoms with Crippen molar-refractivity contribution in [3.8, 4) is 0 Å². The number of hydrogen-bond acceptors (Lipinski definition) is 4. The Morgan fingerprint density at radius 3 is 2.95 bits per heavy atom. The molecule has 6 nitrogen and oxygen atoms in total. The Hall–Kier alpha value is -2.76. The molecule has 0 atom stereocenters. The molecule has 3 aromatic heterocycles. The largest absolute Gasteiger partial charge is 0.347 e. The van der Waals surface area contributed by atoms with Crippen molar-refractivity contribution in [3.05, 3.63) is 60.4 Å². The summed E-state index contributed by atoms with van der Waals surface area (Å²) in [5.74, 6) is -0.220. The van der Waals surface area contributed by atoms with Crippen molar-refractivity contribution < 1.29 is 4.79 Å². The zero-order valence-corrected chi connectivity index (χ0v) is 10.0. The van der Waals surface area contributed by atoms with Crippen molar-refractivity contribution in [1.82, 2.24) is 24.9 Å². The number of aromatic nitrogens is 4. The van der Waals surface area contributed by atoms with Crippen LogP contribution in [0.1, 0.15) is 16.1 Å². The number of rotatable bonds is 3. The molecular formula is C13H11N5O. The number of nitrogens with zero attached hydrogens (tertiary/aromatic N) is 4. The van der Waals surface area contributed by atoms with E-state index in [1.54, 1.807) is 29.2 Å². The second-order valence-electron chi connectivity index (χ2n) is 3.98. The van der Waals surface area contributed by atoms with Gasteiger partial charge in [0.25, 0.3) is 5.91 Å². The van der Waals surface area contributed by atoms with Gasteiger partial charge in [-0.1, -0.05) is 0 Å². The van der Waals surface area contributed by atoms with Crippen molar-refractivity contribution in [2.75, 3.05) is 0 Å². The van der Waals surface area contributed by atoms with Crippen LogP contribution in [0, 0.1) is 0 Å². The van der Waals surface area contributed by atoms with Crippen LogP contribution in [-0.2, 0) is 6.54 Å². The number of carbonyl (C=O) groups is 1. The molecule has 0 spiro atoms. The van der Waals surface area contributed by atoms with Gasteiger partial charge in [0, 0.05) is 25.1 Å². The Balaban J connectivity index is 1.79. The SMILES string of the molecule is O=C(NCc1ccncc1)c1ncnn2cccc12. The third-order valence-electron chi connectivity index (χ3n) is 2.75. The summed E-state index contributed by atoms with van der Waals surface area (Å²) in [5.41, 5.74) is 2.05. The first-order chi connectivity index (χ1) is 9.34. The molecule has 0 aliphatic heterocycles. The van der Waals surface area contributed by atoms with E-state index in [2.05, 4.69) is 20.4 Å². The molecule has 6 heteroatoms. The molecule has 0 aliphatic rings. The molecule has 19 heavy (non-hydrogen) atoms. The molecule has 94 valence electrons. The van der Waals surface area contributed by atoms with Crippen LogP contribution in [0.4, 0.5) is 0 Å². The average Bonchev–Trinajstić information content (AvgIpc) is 2.94. The number of hydrogen-bond donors (Lipinski definition) is 1. The minimum absolute atomic E-state index is 0.220. The van der Waals surface area contributed by atoms with Crippen molar-refractivity contribution >= 4 is 11.4 Å². The Labute approximate surface area is 109 Å². The van der Waals surface area contributed by atoms with Gasteiger partial charge in [0.1, 0.15) is 6.33 Å². The van der Waals surface area contributed by atoms with E-state index in [0.717, 1.165) is 5.56 Å². The summed E-state index contributed by atoms with van der Waals surface area (Å²) in [5, 5.41) is 6.85. The van der Waals surface area contributed by atoms with Gasteiger partial charge in [-0.25, -0.2) is 9.50 Å². The monoisotopic (exact) mass is 253 g/mol. The van der Waals surface area contributed by atoms with E-state index in [4.69, 9.17) is 0 Å². The summed E-state index contributed by atoms with van der Waals surface area (Å²) >= 11 is 0. The van der Waals surface area contributed by atoms with Crippen LogP contribution in [-0.4, -0.2) is 25.5 Å². The topological polar surface area (TPSA) is 72.2 Å². The molecule has 3 aromatic rings. The maximum Gasteiger partial charge on any atom is 0.272 e. The van der Waals surface area contributed by atoms with E-state index in [0.29, 0.717) is 17.8 Å². The Bertz CT molecular complexity index is 707. The molecule has 0 saturated carbocycles.